The number of imide groups is 1. The molecule has 0 bridgehead atoms. The Hall–Kier alpha value is -3.08. The number of nitrogens with zero attached hydrogens (tertiary/aromatic N) is 1. The zero-order valence-corrected chi connectivity index (χ0v) is 13.5. The SMILES string of the molecule is CCO/C=C1/C(=O)N(c2cccc(OC)c2)C(=O)c2ccccc21. The van der Waals surface area contributed by atoms with Crippen molar-refractivity contribution in [2.75, 3.05) is 18.6 Å². The minimum absolute atomic E-state index is 0.356. The van der Waals surface area contributed by atoms with Crippen molar-refractivity contribution >= 4 is 23.1 Å². The lowest BCUT2D eigenvalue weighted by atomic mass is 9.94. The van der Waals surface area contributed by atoms with Gasteiger partial charge in [0.05, 0.1) is 31.2 Å². The van der Waals surface area contributed by atoms with Crippen LogP contribution in [0.1, 0.15) is 22.8 Å². The van der Waals surface area contributed by atoms with Crippen LogP contribution in [-0.2, 0) is 9.53 Å². The molecular formula is C19H17NO4. The molecule has 122 valence electrons. The molecule has 0 saturated heterocycles. The number of carbonyl (C=O) groups excluding carboxylic acids is 2. The van der Waals surface area contributed by atoms with Crippen molar-refractivity contribution in [3.8, 4) is 5.75 Å². The largest absolute Gasteiger partial charge is 0.501 e. The van der Waals surface area contributed by atoms with Crippen LogP contribution in [0.15, 0.2) is 54.8 Å². The van der Waals surface area contributed by atoms with Crippen molar-refractivity contribution < 1.29 is 19.1 Å². The minimum Gasteiger partial charge on any atom is -0.501 e. The predicted octanol–water partition coefficient (Wildman–Crippen LogP) is 3.26. The number of benzene rings is 2. The number of amides is 2. The van der Waals surface area contributed by atoms with Gasteiger partial charge in [-0.15, -0.1) is 0 Å². The minimum atomic E-state index is -0.416. The van der Waals surface area contributed by atoms with Crippen molar-refractivity contribution in [1.29, 1.82) is 0 Å². The highest BCUT2D eigenvalue weighted by atomic mass is 16.5. The third-order valence-corrected chi connectivity index (χ3v) is 3.76. The number of fused-ring (bicyclic) bond motifs is 1. The molecule has 1 aliphatic heterocycles. The number of rotatable bonds is 4. The molecule has 0 aliphatic carbocycles. The summed E-state index contributed by atoms with van der Waals surface area (Å²) in [5.41, 5.74) is 1.86. The Morgan fingerprint density at radius 2 is 1.75 bits per heavy atom. The molecule has 1 heterocycles. The van der Waals surface area contributed by atoms with E-state index in [2.05, 4.69) is 0 Å². The summed E-state index contributed by atoms with van der Waals surface area (Å²) in [6, 6.07) is 13.9. The molecule has 24 heavy (non-hydrogen) atoms. The Labute approximate surface area is 140 Å². The van der Waals surface area contributed by atoms with Gasteiger partial charge in [-0.05, 0) is 25.1 Å². The van der Waals surface area contributed by atoms with Crippen molar-refractivity contribution in [1.82, 2.24) is 0 Å². The molecule has 0 spiro atoms. The summed E-state index contributed by atoms with van der Waals surface area (Å²) in [5, 5.41) is 0. The summed E-state index contributed by atoms with van der Waals surface area (Å²) >= 11 is 0. The summed E-state index contributed by atoms with van der Waals surface area (Å²) in [5.74, 6) is -0.208. The first kappa shape index (κ1) is 15.8. The molecule has 3 rings (SSSR count). The lowest BCUT2D eigenvalue weighted by molar-refractivity contribution is -0.113. The maximum atomic E-state index is 12.9. The number of hydrogen-bond acceptors (Lipinski definition) is 4. The standard InChI is InChI=1S/C19H17NO4/c1-3-24-12-17-15-9-4-5-10-16(15)18(21)20(19(17)22)13-7-6-8-14(11-13)23-2/h4-12H,3H2,1-2H3/b17-12+. The van der Waals surface area contributed by atoms with Crippen LogP contribution in [0.2, 0.25) is 0 Å². The van der Waals surface area contributed by atoms with E-state index in [4.69, 9.17) is 9.47 Å². The van der Waals surface area contributed by atoms with E-state index in [0.29, 0.717) is 34.7 Å². The average Bonchev–Trinajstić information content (AvgIpc) is 2.62. The van der Waals surface area contributed by atoms with E-state index in [9.17, 15) is 9.59 Å². The van der Waals surface area contributed by atoms with Crippen LogP contribution in [0.25, 0.3) is 5.57 Å². The highest BCUT2D eigenvalue weighted by molar-refractivity contribution is 6.40. The third kappa shape index (κ3) is 2.65. The van der Waals surface area contributed by atoms with Crippen LogP contribution in [0, 0.1) is 0 Å². The van der Waals surface area contributed by atoms with Gasteiger partial charge in [-0.3, -0.25) is 9.59 Å². The van der Waals surface area contributed by atoms with Gasteiger partial charge >= 0.3 is 0 Å². The zero-order valence-electron chi connectivity index (χ0n) is 13.5. The maximum Gasteiger partial charge on any atom is 0.269 e. The van der Waals surface area contributed by atoms with Gasteiger partial charge in [-0.25, -0.2) is 4.90 Å². The van der Waals surface area contributed by atoms with E-state index in [-0.39, 0.29) is 5.91 Å². The lowest BCUT2D eigenvalue weighted by Gasteiger charge is -2.28. The Kier molecular flexibility index (Phi) is 4.33. The number of carbonyl (C=O) groups is 2. The Morgan fingerprint density at radius 3 is 2.46 bits per heavy atom. The van der Waals surface area contributed by atoms with Crippen LogP contribution >= 0.6 is 0 Å². The van der Waals surface area contributed by atoms with Gasteiger partial charge in [0.2, 0.25) is 0 Å². The molecule has 2 aromatic rings. The lowest BCUT2D eigenvalue weighted by Crippen LogP contribution is -2.41. The normalized spacial score (nSPS) is 15.4. The van der Waals surface area contributed by atoms with Crippen molar-refractivity contribution in [2.24, 2.45) is 0 Å². The van der Waals surface area contributed by atoms with Gasteiger partial charge in [-0.1, -0.05) is 24.3 Å². The van der Waals surface area contributed by atoms with Crippen molar-refractivity contribution in [2.45, 2.75) is 6.92 Å². The first-order valence-corrected chi connectivity index (χ1v) is 7.61. The van der Waals surface area contributed by atoms with E-state index in [0.717, 1.165) is 4.90 Å². The van der Waals surface area contributed by atoms with Crippen LogP contribution in [0.3, 0.4) is 0 Å². The molecule has 2 amide bonds. The van der Waals surface area contributed by atoms with E-state index < -0.39 is 5.91 Å². The summed E-state index contributed by atoms with van der Waals surface area (Å²) in [7, 11) is 1.54. The highest BCUT2D eigenvalue weighted by Crippen LogP contribution is 2.33. The molecule has 0 atom stereocenters. The number of hydrogen-bond donors (Lipinski definition) is 0. The molecule has 2 aromatic carbocycles. The smallest absolute Gasteiger partial charge is 0.269 e. The molecule has 0 aromatic heterocycles. The average molecular weight is 323 g/mol. The van der Waals surface area contributed by atoms with Gasteiger partial charge in [0.1, 0.15) is 5.75 Å². The number of methoxy groups -OCH3 is 1. The Bertz CT molecular complexity index is 826. The Morgan fingerprint density at radius 1 is 1.00 bits per heavy atom. The highest BCUT2D eigenvalue weighted by Gasteiger charge is 2.36. The van der Waals surface area contributed by atoms with Gasteiger partial charge in [-0.2, -0.15) is 0 Å². The van der Waals surface area contributed by atoms with Crippen LogP contribution in [-0.4, -0.2) is 25.5 Å². The van der Waals surface area contributed by atoms with E-state index in [1.165, 1.54) is 13.4 Å². The fraction of sp³-hybridized carbons (Fsp3) is 0.158. The number of ether oxygens (including phenoxy) is 2. The number of anilines is 1. The second kappa shape index (κ2) is 6.58. The van der Waals surface area contributed by atoms with E-state index >= 15 is 0 Å². The first-order chi connectivity index (χ1) is 11.7. The second-order valence-electron chi connectivity index (χ2n) is 5.18. The first-order valence-electron chi connectivity index (χ1n) is 7.61. The summed E-state index contributed by atoms with van der Waals surface area (Å²) in [6.45, 7) is 2.27. The van der Waals surface area contributed by atoms with Crippen molar-refractivity contribution in [3.05, 3.63) is 65.9 Å². The second-order valence-corrected chi connectivity index (χ2v) is 5.18. The zero-order chi connectivity index (χ0) is 17.1. The fourth-order valence-electron chi connectivity index (χ4n) is 2.62. The molecule has 0 fully saturated rings. The van der Waals surface area contributed by atoms with Crippen molar-refractivity contribution in [3.63, 3.8) is 0 Å². The predicted molar refractivity (Wildman–Crippen MR) is 90.9 cm³/mol. The molecule has 0 N–H and O–H groups in total. The topological polar surface area (TPSA) is 55.8 Å². The van der Waals surface area contributed by atoms with Crippen LogP contribution < -0.4 is 9.64 Å². The molecule has 1 aliphatic rings. The Balaban J connectivity index is 2.14. The maximum absolute atomic E-state index is 12.9. The monoisotopic (exact) mass is 323 g/mol. The summed E-state index contributed by atoms with van der Waals surface area (Å²) < 4.78 is 10.5. The van der Waals surface area contributed by atoms with Gasteiger partial charge < -0.3 is 9.47 Å². The van der Waals surface area contributed by atoms with Gasteiger partial charge in [0, 0.05) is 17.2 Å². The summed E-state index contributed by atoms with van der Waals surface area (Å²) in [6.07, 6.45) is 1.42. The fourth-order valence-corrected chi connectivity index (χ4v) is 2.62. The van der Waals surface area contributed by atoms with E-state index in [1.807, 2.05) is 6.92 Å². The van der Waals surface area contributed by atoms with Crippen LogP contribution in [0.5, 0.6) is 5.75 Å². The molecular weight excluding hydrogens is 306 g/mol. The molecule has 0 saturated carbocycles. The van der Waals surface area contributed by atoms with Gasteiger partial charge in [0.15, 0.2) is 0 Å². The van der Waals surface area contributed by atoms with Gasteiger partial charge in [0.25, 0.3) is 11.8 Å². The molecule has 5 heteroatoms. The molecule has 0 radical (unpaired) electrons. The van der Waals surface area contributed by atoms with E-state index in [1.54, 1.807) is 48.5 Å². The molecule has 5 nitrogen and oxygen atoms in total. The summed E-state index contributed by atoms with van der Waals surface area (Å²) in [4.78, 5) is 26.9. The quantitative estimate of drug-likeness (QED) is 0.492. The van der Waals surface area contributed by atoms with Crippen LogP contribution in [0.4, 0.5) is 5.69 Å². The third-order valence-electron chi connectivity index (χ3n) is 3.76. The molecule has 0 unspecified atom stereocenters.